The third kappa shape index (κ3) is 9.01. The van der Waals surface area contributed by atoms with Crippen molar-refractivity contribution in [1.82, 2.24) is 0 Å². The van der Waals surface area contributed by atoms with Crippen LogP contribution in [-0.2, 0) is 19.1 Å². The summed E-state index contributed by atoms with van der Waals surface area (Å²) in [5.41, 5.74) is -2.62. The van der Waals surface area contributed by atoms with E-state index in [9.17, 15) is 19.5 Å². The van der Waals surface area contributed by atoms with E-state index < -0.39 is 36.4 Å². The maximum atomic E-state index is 11.4. The molecule has 0 aromatic rings. The fraction of sp³-hybridized carbons (Fsp3) is 0.786. The van der Waals surface area contributed by atoms with E-state index in [0.29, 0.717) is 12.3 Å². The van der Waals surface area contributed by atoms with E-state index in [2.05, 4.69) is 13.8 Å². The van der Waals surface area contributed by atoms with Gasteiger partial charge in [0.25, 0.3) is 0 Å². The topological polar surface area (TPSA) is 121 Å². The molecule has 1 unspecified atom stereocenters. The number of carbonyl (C=O) groups excluding carboxylic acids is 1. The predicted molar refractivity (Wildman–Crippen MR) is 73.7 cm³/mol. The molecule has 0 aliphatic rings. The van der Waals surface area contributed by atoms with Crippen molar-refractivity contribution < 1.29 is 34.4 Å². The monoisotopic (exact) mass is 304 g/mol. The molecule has 122 valence electrons. The van der Waals surface area contributed by atoms with Crippen LogP contribution in [0.4, 0.5) is 0 Å². The zero-order valence-corrected chi connectivity index (χ0v) is 12.5. The molecule has 0 aromatic heterocycles. The number of aliphatic hydroxyl groups is 1. The Kier molecular flexibility index (Phi) is 8.61. The molecule has 0 saturated heterocycles. The number of carboxylic acids is 2. The van der Waals surface area contributed by atoms with Crippen LogP contribution in [0.5, 0.6) is 0 Å². The Bertz CT molecular complexity index is 364. The molecule has 0 fully saturated rings. The van der Waals surface area contributed by atoms with Gasteiger partial charge < -0.3 is 20.1 Å². The van der Waals surface area contributed by atoms with Crippen molar-refractivity contribution in [2.24, 2.45) is 5.92 Å². The Morgan fingerprint density at radius 2 is 1.67 bits per heavy atom. The number of hydrogen-bond acceptors (Lipinski definition) is 5. The Balaban J connectivity index is 4.05. The van der Waals surface area contributed by atoms with Crippen LogP contribution < -0.4 is 0 Å². The van der Waals surface area contributed by atoms with E-state index in [-0.39, 0.29) is 6.61 Å². The van der Waals surface area contributed by atoms with Crippen molar-refractivity contribution >= 4 is 17.9 Å². The fourth-order valence-electron chi connectivity index (χ4n) is 1.77. The standard InChI is InChI=1S/C14H24O7/c1-10(2)6-4-3-5-7-21-12(17)9-14(20,13(18)19)8-11(15)16/h10,20H,3-9H2,1-2H3,(H,15,16)(H,18,19). The third-order valence-electron chi connectivity index (χ3n) is 2.97. The van der Waals surface area contributed by atoms with Crippen molar-refractivity contribution in [2.45, 2.75) is 58.0 Å². The largest absolute Gasteiger partial charge is 0.481 e. The van der Waals surface area contributed by atoms with E-state index in [1.54, 1.807) is 0 Å². The number of hydrogen-bond donors (Lipinski definition) is 3. The normalized spacial score (nSPS) is 13.7. The molecule has 0 heterocycles. The number of carbonyl (C=O) groups is 3. The van der Waals surface area contributed by atoms with Gasteiger partial charge in [-0.1, -0.05) is 33.1 Å². The lowest BCUT2D eigenvalue weighted by molar-refractivity contribution is -0.172. The van der Waals surface area contributed by atoms with Crippen LogP contribution >= 0.6 is 0 Å². The lowest BCUT2D eigenvalue weighted by Crippen LogP contribution is -2.43. The van der Waals surface area contributed by atoms with E-state index in [0.717, 1.165) is 19.3 Å². The highest BCUT2D eigenvalue weighted by molar-refractivity contribution is 5.88. The average molecular weight is 304 g/mol. The van der Waals surface area contributed by atoms with Crippen molar-refractivity contribution in [1.29, 1.82) is 0 Å². The summed E-state index contributed by atoms with van der Waals surface area (Å²) in [6.45, 7) is 4.38. The molecule has 0 rings (SSSR count). The molecular formula is C14H24O7. The molecule has 7 nitrogen and oxygen atoms in total. The molecule has 0 radical (unpaired) electrons. The van der Waals surface area contributed by atoms with Gasteiger partial charge >= 0.3 is 17.9 Å². The first kappa shape index (κ1) is 19.4. The molecule has 7 heteroatoms. The van der Waals surface area contributed by atoms with Gasteiger partial charge in [-0.25, -0.2) is 4.79 Å². The molecule has 0 aliphatic heterocycles. The van der Waals surface area contributed by atoms with Crippen LogP contribution in [0.1, 0.15) is 52.4 Å². The first-order valence-corrected chi connectivity index (χ1v) is 7.00. The smallest absolute Gasteiger partial charge is 0.336 e. The number of aliphatic carboxylic acids is 2. The molecule has 21 heavy (non-hydrogen) atoms. The van der Waals surface area contributed by atoms with Gasteiger partial charge in [-0.15, -0.1) is 0 Å². The highest BCUT2D eigenvalue weighted by atomic mass is 16.5. The van der Waals surface area contributed by atoms with E-state index >= 15 is 0 Å². The minimum Gasteiger partial charge on any atom is -0.481 e. The Hall–Kier alpha value is -1.63. The van der Waals surface area contributed by atoms with Crippen LogP contribution in [-0.4, -0.2) is 45.4 Å². The molecule has 0 amide bonds. The Morgan fingerprint density at radius 3 is 2.14 bits per heavy atom. The zero-order chi connectivity index (χ0) is 16.5. The van der Waals surface area contributed by atoms with Gasteiger partial charge in [-0.05, 0) is 12.3 Å². The van der Waals surface area contributed by atoms with Crippen LogP contribution in [0.15, 0.2) is 0 Å². The number of esters is 1. The molecular weight excluding hydrogens is 280 g/mol. The molecule has 0 spiro atoms. The number of rotatable bonds is 11. The zero-order valence-electron chi connectivity index (χ0n) is 12.5. The van der Waals surface area contributed by atoms with Gasteiger partial charge in [-0.2, -0.15) is 0 Å². The third-order valence-corrected chi connectivity index (χ3v) is 2.97. The average Bonchev–Trinajstić information content (AvgIpc) is 2.31. The second-order valence-electron chi connectivity index (χ2n) is 5.55. The molecule has 0 aromatic carbocycles. The summed E-state index contributed by atoms with van der Waals surface area (Å²) in [6.07, 6.45) is 1.73. The summed E-state index contributed by atoms with van der Waals surface area (Å²) in [7, 11) is 0. The van der Waals surface area contributed by atoms with Crippen LogP contribution in [0.25, 0.3) is 0 Å². The van der Waals surface area contributed by atoms with Gasteiger partial charge in [0.2, 0.25) is 0 Å². The quantitative estimate of drug-likeness (QED) is 0.390. The van der Waals surface area contributed by atoms with Crippen LogP contribution in [0.3, 0.4) is 0 Å². The molecule has 0 bridgehead atoms. The summed E-state index contributed by atoms with van der Waals surface area (Å²) in [6, 6.07) is 0. The SMILES string of the molecule is CC(C)CCCCCOC(=O)CC(O)(CC(=O)O)C(=O)O. The highest BCUT2D eigenvalue weighted by Crippen LogP contribution is 2.17. The minimum atomic E-state index is -2.62. The minimum absolute atomic E-state index is 0.139. The van der Waals surface area contributed by atoms with Crippen LogP contribution in [0.2, 0.25) is 0 Å². The van der Waals surface area contributed by atoms with E-state index in [4.69, 9.17) is 14.9 Å². The maximum absolute atomic E-state index is 11.4. The maximum Gasteiger partial charge on any atom is 0.336 e. The number of ether oxygens (including phenoxy) is 1. The first-order valence-electron chi connectivity index (χ1n) is 7.00. The van der Waals surface area contributed by atoms with Crippen LogP contribution in [0, 0.1) is 5.92 Å². The number of unbranched alkanes of at least 4 members (excludes halogenated alkanes) is 2. The van der Waals surface area contributed by atoms with Gasteiger partial charge in [-0.3, -0.25) is 9.59 Å². The van der Waals surface area contributed by atoms with Gasteiger partial charge in [0, 0.05) is 0 Å². The second-order valence-corrected chi connectivity index (χ2v) is 5.55. The predicted octanol–water partition coefficient (Wildman–Crippen LogP) is 1.43. The fourth-order valence-corrected chi connectivity index (χ4v) is 1.77. The Labute approximate surface area is 123 Å². The van der Waals surface area contributed by atoms with Crippen molar-refractivity contribution in [3.8, 4) is 0 Å². The first-order chi connectivity index (χ1) is 9.67. The van der Waals surface area contributed by atoms with Gasteiger partial charge in [0.1, 0.15) is 0 Å². The number of carboxylic acid groups (broad SMARTS) is 2. The summed E-state index contributed by atoms with van der Waals surface area (Å²) < 4.78 is 4.82. The molecule has 3 N–H and O–H groups in total. The van der Waals surface area contributed by atoms with Crippen molar-refractivity contribution in [2.75, 3.05) is 6.61 Å². The lowest BCUT2D eigenvalue weighted by atomic mass is 9.96. The summed E-state index contributed by atoms with van der Waals surface area (Å²) >= 11 is 0. The molecule has 1 atom stereocenters. The lowest BCUT2D eigenvalue weighted by Gasteiger charge is -2.20. The van der Waals surface area contributed by atoms with Gasteiger partial charge in [0.05, 0.1) is 19.4 Å². The van der Waals surface area contributed by atoms with Crippen molar-refractivity contribution in [3.63, 3.8) is 0 Å². The molecule has 0 saturated carbocycles. The van der Waals surface area contributed by atoms with Crippen molar-refractivity contribution in [3.05, 3.63) is 0 Å². The van der Waals surface area contributed by atoms with Gasteiger partial charge in [0.15, 0.2) is 5.60 Å². The van der Waals surface area contributed by atoms with E-state index in [1.165, 1.54) is 0 Å². The van der Waals surface area contributed by atoms with E-state index in [1.807, 2.05) is 0 Å². The highest BCUT2D eigenvalue weighted by Gasteiger charge is 2.41. The second kappa shape index (κ2) is 9.33. The summed E-state index contributed by atoms with van der Waals surface area (Å²) in [5, 5.41) is 27.0. The summed E-state index contributed by atoms with van der Waals surface area (Å²) in [4.78, 5) is 32.8. The molecule has 0 aliphatic carbocycles. The Morgan fingerprint density at radius 1 is 1.05 bits per heavy atom. The summed E-state index contributed by atoms with van der Waals surface area (Å²) in [5.74, 6) is -3.54.